The van der Waals surface area contributed by atoms with Gasteiger partial charge in [0.05, 0.1) is 16.9 Å². The number of rotatable bonds is 4. The Morgan fingerprint density at radius 3 is 1.33 bits per heavy atom. The fourth-order valence-corrected chi connectivity index (χ4v) is 7.65. The number of fused-ring (bicyclic) bond motifs is 1. The van der Waals surface area contributed by atoms with Crippen LogP contribution in [0.4, 0.5) is 83.4 Å². The summed E-state index contributed by atoms with van der Waals surface area (Å²) in [5.41, 5.74) is -24.6. The molecule has 4 nitrogen and oxygen atoms in total. The Hall–Kier alpha value is -2.73. The van der Waals surface area contributed by atoms with E-state index in [4.69, 9.17) is 0 Å². The summed E-state index contributed by atoms with van der Waals surface area (Å²) < 4.78 is 303. The van der Waals surface area contributed by atoms with Crippen LogP contribution < -0.4 is 0 Å². The van der Waals surface area contributed by atoms with Crippen LogP contribution in [-0.2, 0) is 19.7 Å². The summed E-state index contributed by atoms with van der Waals surface area (Å²) in [5.74, 6) is -25.0. The molecule has 240 valence electrons. The minimum Gasteiger partial charge on any atom is -0.237 e. The van der Waals surface area contributed by atoms with Crippen LogP contribution >= 0.6 is 0 Å². The highest BCUT2D eigenvalue weighted by Crippen LogP contribution is 2.61. The number of allylic oxidation sites excluding steroid dienone is 2. The summed E-state index contributed by atoms with van der Waals surface area (Å²) >= 11 is 0. The molecule has 25 heteroatoms. The molecule has 2 rings (SSSR count). The van der Waals surface area contributed by atoms with Crippen molar-refractivity contribution < 1.29 is 100 Å². The third-order valence-electron chi connectivity index (χ3n) is 5.37. The monoisotopic (exact) mass is 696 g/mol. The van der Waals surface area contributed by atoms with E-state index in [0.717, 1.165) is 0 Å². The van der Waals surface area contributed by atoms with Gasteiger partial charge in [-0.05, 0) is 0 Å². The SMILES string of the molecule is O=S(=O)(CC(C(F)(F)F)(C(F)(F)F)C(F)(F)F)C(=C1C(F)=C(F)c2c(F)c(F)c(F)c(F)c2C1F)S(=O)(=O)C(F)(F)F. The average Bonchev–Trinajstić information content (AvgIpc) is 2.76. The number of hydrogen-bond acceptors (Lipinski definition) is 4. The number of hydrogen-bond donors (Lipinski definition) is 0. The Balaban J connectivity index is 3.31. The standard InChI is InChI=1S/C17H3F19O4S2/c18-5-2-3(8(21)11(24)10(23)7(2)20)6(19)9(22)4(5)12(42(39,40)17(34,35)36)41(37,38)1-13(14(25,26)27,15(28,29)30)16(31,32)33/h5H,1H2. The summed E-state index contributed by atoms with van der Waals surface area (Å²) in [4.78, 5) is 0. The zero-order chi connectivity index (χ0) is 33.6. The molecule has 0 saturated carbocycles. The Kier molecular flexibility index (Phi) is 8.36. The van der Waals surface area contributed by atoms with Crippen LogP contribution in [0.5, 0.6) is 0 Å². The molecule has 1 aliphatic carbocycles. The molecule has 0 aromatic heterocycles. The smallest absolute Gasteiger partial charge is 0.237 e. The van der Waals surface area contributed by atoms with E-state index in [2.05, 4.69) is 0 Å². The van der Waals surface area contributed by atoms with Crippen LogP contribution in [0, 0.1) is 28.7 Å². The van der Waals surface area contributed by atoms with Gasteiger partial charge in [0, 0.05) is 5.56 Å². The molecule has 0 fully saturated rings. The summed E-state index contributed by atoms with van der Waals surface area (Å²) in [6, 6.07) is 0. The molecular formula is C17H3F19O4S2. The van der Waals surface area contributed by atoms with Crippen LogP contribution in [0.25, 0.3) is 5.83 Å². The fraction of sp³-hybridized carbons (Fsp3) is 0.412. The Morgan fingerprint density at radius 2 is 0.976 bits per heavy atom. The zero-order valence-electron chi connectivity index (χ0n) is 18.4. The molecule has 1 unspecified atom stereocenters. The third-order valence-corrected chi connectivity index (χ3v) is 9.70. The first-order chi connectivity index (χ1) is 18.3. The molecule has 0 heterocycles. The van der Waals surface area contributed by atoms with Gasteiger partial charge in [0.15, 0.2) is 55.2 Å². The maximum absolute atomic E-state index is 15.1. The van der Waals surface area contributed by atoms with Gasteiger partial charge >= 0.3 is 24.0 Å². The van der Waals surface area contributed by atoms with Crippen molar-refractivity contribution in [2.45, 2.75) is 30.2 Å². The van der Waals surface area contributed by atoms with Crippen LogP contribution in [0.2, 0.25) is 0 Å². The lowest BCUT2D eigenvalue weighted by molar-refractivity contribution is -0.418. The van der Waals surface area contributed by atoms with Crippen LogP contribution in [0.3, 0.4) is 0 Å². The predicted molar refractivity (Wildman–Crippen MR) is 95.6 cm³/mol. The van der Waals surface area contributed by atoms with Gasteiger partial charge in [-0.25, -0.2) is 47.6 Å². The van der Waals surface area contributed by atoms with Crippen molar-refractivity contribution in [1.82, 2.24) is 0 Å². The Morgan fingerprint density at radius 1 is 0.595 bits per heavy atom. The molecule has 0 aliphatic heterocycles. The molecule has 0 radical (unpaired) electrons. The second kappa shape index (κ2) is 9.90. The predicted octanol–water partition coefficient (Wildman–Crippen LogP) is 7.11. The first-order valence-corrected chi connectivity index (χ1v) is 12.5. The molecule has 1 aromatic carbocycles. The van der Waals surface area contributed by atoms with Gasteiger partial charge < -0.3 is 0 Å². The van der Waals surface area contributed by atoms with E-state index < -0.39 is 117 Å². The minimum atomic E-state index is -8.41. The fourth-order valence-electron chi connectivity index (χ4n) is 3.44. The molecule has 42 heavy (non-hydrogen) atoms. The summed E-state index contributed by atoms with van der Waals surface area (Å²) in [6.07, 6.45) is -28.7. The van der Waals surface area contributed by atoms with Crippen LogP contribution in [0.1, 0.15) is 17.3 Å². The zero-order valence-corrected chi connectivity index (χ0v) is 20.0. The lowest BCUT2D eigenvalue weighted by atomic mass is 9.88. The number of halogens is 19. The average molecular weight is 696 g/mol. The third kappa shape index (κ3) is 4.98. The van der Waals surface area contributed by atoms with Crippen molar-refractivity contribution in [3.8, 4) is 0 Å². The van der Waals surface area contributed by atoms with Crippen LogP contribution in [0.15, 0.2) is 15.6 Å². The van der Waals surface area contributed by atoms with Crippen molar-refractivity contribution in [2.24, 2.45) is 5.41 Å². The molecule has 0 bridgehead atoms. The van der Waals surface area contributed by atoms with E-state index in [1.165, 1.54) is 0 Å². The van der Waals surface area contributed by atoms with Crippen molar-refractivity contribution in [3.05, 3.63) is 50.0 Å². The summed E-state index contributed by atoms with van der Waals surface area (Å²) in [6.45, 7) is 0. The second-order valence-corrected chi connectivity index (χ2v) is 11.9. The van der Waals surface area contributed by atoms with E-state index in [1.807, 2.05) is 0 Å². The van der Waals surface area contributed by atoms with Crippen molar-refractivity contribution in [3.63, 3.8) is 0 Å². The van der Waals surface area contributed by atoms with Gasteiger partial charge in [-0.1, -0.05) is 0 Å². The number of benzene rings is 1. The molecule has 1 aliphatic rings. The summed E-state index contributed by atoms with van der Waals surface area (Å²) in [7, 11) is -16.7. The Labute approximate surface area is 217 Å². The summed E-state index contributed by atoms with van der Waals surface area (Å²) in [5, 5.41) is 0. The lowest BCUT2D eigenvalue weighted by Crippen LogP contribution is -2.63. The van der Waals surface area contributed by atoms with E-state index in [1.54, 1.807) is 0 Å². The van der Waals surface area contributed by atoms with Gasteiger partial charge in [0.2, 0.25) is 0 Å². The van der Waals surface area contributed by atoms with Crippen molar-refractivity contribution in [2.75, 3.05) is 5.75 Å². The molecule has 0 spiro atoms. The largest absolute Gasteiger partial charge is 0.502 e. The maximum Gasteiger partial charge on any atom is 0.502 e. The highest BCUT2D eigenvalue weighted by atomic mass is 32.3. The normalized spacial score (nSPS) is 19.3. The van der Waals surface area contributed by atoms with Gasteiger partial charge in [0.25, 0.3) is 15.3 Å². The van der Waals surface area contributed by atoms with E-state index in [-0.39, 0.29) is 0 Å². The van der Waals surface area contributed by atoms with Gasteiger partial charge in [-0.3, -0.25) is 0 Å². The van der Waals surface area contributed by atoms with Crippen molar-refractivity contribution >= 4 is 25.5 Å². The highest BCUT2D eigenvalue weighted by molar-refractivity contribution is 8.14. The van der Waals surface area contributed by atoms with Crippen LogP contribution in [-0.4, -0.2) is 46.6 Å². The van der Waals surface area contributed by atoms with Gasteiger partial charge in [0.1, 0.15) is 0 Å². The first kappa shape index (κ1) is 35.5. The molecule has 1 aromatic rings. The van der Waals surface area contributed by atoms with E-state index >= 15 is 4.39 Å². The van der Waals surface area contributed by atoms with E-state index in [9.17, 15) is 95.9 Å². The molecular weight excluding hydrogens is 693 g/mol. The molecule has 1 atom stereocenters. The second-order valence-electron chi connectivity index (χ2n) is 7.84. The number of alkyl halides is 13. The minimum absolute atomic E-state index is 2.77. The molecule has 0 saturated heterocycles. The van der Waals surface area contributed by atoms with E-state index in [0.29, 0.717) is 0 Å². The molecule has 0 amide bonds. The number of sulfone groups is 2. The Bertz CT molecular complexity index is 1550. The lowest BCUT2D eigenvalue weighted by Gasteiger charge is -2.38. The first-order valence-electron chi connectivity index (χ1n) is 9.37. The van der Waals surface area contributed by atoms with Gasteiger partial charge in [-0.15, -0.1) is 0 Å². The van der Waals surface area contributed by atoms with Gasteiger partial charge in [-0.2, -0.15) is 52.7 Å². The topological polar surface area (TPSA) is 68.3 Å². The highest BCUT2D eigenvalue weighted by Gasteiger charge is 2.85. The molecule has 0 N–H and O–H groups in total. The maximum atomic E-state index is 15.1. The quantitative estimate of drug-likeness (QED) is 0.191. The van der Waals surface area contributed by atoms with Crippen molar-refractivity contribution in [1.29, 1.82) is 0 Å².